The average Bonchev–Trinajstić information content (AvgIpc) is 3.51. The zero-order valence-electron chi connectivity index (χ0n) is 24.9. The van der Waals surface area contributed by atoms with E-state index in [0.717, 1.165) is 11.1 Å². The van der Waals surface area contributed by atoms with Crippen molar-refractivity contribution in [3.63, 3.8) is 0 Å². The van der Waals surface area contributed by atoms with Crippen molar-refractivity contribution in [3.8, 4) is 28.4 Å². The Hall–Kier alpha value is -3.46. The van der Waals surface area contributed by atoms with Gasteiger partial charge in [0.1, 0.15) is 23.4 Å². The molecule has 5 rings (SSSR count). The van der Waals surface area contributed by atoms with Gasteiger partial charge < -0.3 is 18.6 Å². The number of fused-ring (bicyclic) bond motifs is 2. The number of hydrogen-bond donors (Lipinski definition) is 0. The SMILES string of the molecule is COC(=O)C[C@@H]1COc2cc(O[C@@H]3CCc4c3ccc(C(F)(F)F)c4-c3ccc(O[Si](C)(C)C(C)(C)C)cc3)ccc21. The number of benzene rings is 3. The van der Waals surface area contributed by atoms with Crippen molar-refractivity contribution in [3.05, 3.63) is 76.9 Å². The largest absolute Gasteiger partial charge is 0.544 e. The smallest absolute Gasteiger partial charge is 0.417 e. The summed E-state index contributed by atoms with van der Waals surface area (Å²) in [5, 5.41) is 0.000112. The van der Waals surface area contributed by atoms with Gasteiger partial charge in [-0.15, -0.1) is 0 Å². The molecule has 0 saturated carbocycles. The first-order chi connectivity index (χ1) is 19.7. The summed E-state index contributed by atoms with van der Waals surface area (Å²) in [7, 11) is -0.733. The summed E-state index contributed by atoms with van der Waals surface area (Å²) in [5.41, 5.74) is 2.38. The maximum Gasteiger partial charge on any atom is 0.417 e. The van der Waals surface area contributed by atoms with Crippen LogP contribution in [0.1, 0.15) is 67.9 Å². The second-order valence-electron chi connectivity index (χ2n) is 12.6. The quantitative estimate of drug-likeness (QED) is 0.201. The third-order valence-corrected chi connectivity index (χ3v) is 13.1. The molecule has 1 aliphatic carbocycles. The lowest BCUT2D eigenvalue weighted by Gasteiger charge is -2.36. The van der Waals surface area contributed by atoms with Crippen LogP contribution in [-0.4, -0.2) is 28.0 Å². The predicted molar refractivity (Wildman–Crippen MR) is 158 cm³/mol. The van der Waals surface area contributed by atoms with E-state index >= 15 is 0 Å². The van der Waals surface area contributed by atoms with Crippen LogP contribution in [-0.2, 0) is 22.1 Å². The van der Waals surface area contributed by atoms with Gasteiger partial charge in [-0.1, -0.05) is 45.0 Å². The molecule has 2 atom stereocenters. The standard InChI is InChI=1S/C33H37F3O5Si/c1-32(2,3)42(5,6)41-22-9-7-20(8-10-22)31-26-14-16-28(25(26)13-15-27(31)33(34,35)36)40-23-11-12-24-21(17-30(37)38-4)19-39-29(24)18-23/h7-13,15,18,21,28H,14,16-17,19H2,1-6H3/t21-,28-/m1/s1. The summed E-state index contributed by atoms with van der Waals surface area (Å²) in [6, 6.07) is 15.2. The van der Waals surface area contributed by atoms with E-state index in [0.29, 0.717) is 47.8 Å². The number of esters is 1. The average molecular weight is 599 g/mol. The van der Waals surface area contributed by atoms with Crippen LogP contribution in [0.4, 0.5) is 13.2 Å². The van der Waals surface area contributed by atoms with Crippen molar-refractivity contribution in [2.75, 3.05) is 13.7 Å². The maximum atomic E-state index is 14.2. The van der Waals surface area contributed by atoms with Gasteiger partial charge in [-0.3, -0.25) is 4.79 Å². The maximum absolute atomic E-state index is 14.2. The lowest BCUT2D eigenvalue weighted by atomic mass is 9.91. The highest BCUT2D eigenvalue weighted by Gasteiger charge is 2.40. The Bertz CT molecular complexity index is 1470. The van der Waals surface area contributed by atoms with E-state index in [1.165, 1.54) is 13.2 Å². The van der Waals surface area contributed by atoms with Crippen LogP contribution in [0.2, 0.25) is 18.1 Å². The van der Waals surface area contributed by atoms with Gasteiger partial charge in [-0.25, -0.2) is 0 Å². The van der Waals surface area contributed by atoms with Crippen molar-refractivity contribution in [1.29, 1.82) is 0 Å². The molecule has 0 fully saturated rings. The van der Waals surface area contributed by atoms with Gasteiger partial charge in [-0.2, -0.15) is 13.2 Å². The molecule has 1 aliphatic heterocycles. The molecule has 0 amide bonds. The summed E-state index contributed by atoms with van der Waals surface area (Å²) in [6.07, 6.45) is -3.65. The molecule has 0 unspecified atom stereocenters. The number of hydrogen-bond acceptors (Lipinski definition) is 5. The number of carbonyl (C=O) groups is 1. The molecule has 0 spiro atoms. The van der Waals surface area contributed by atoms with Gasteiger partial charge in [-0.05, 0) is 77.5 Å². The van der Waals surface area contributed by atoms with Crippen LogP contribution >= 0.6 is 0 Å². The van der Waals surface area contributed by atoms with E-state index in [-0.39, 0.29) is 28.9 Å². The summed E-state index contributed by atoms with van der Waals surface area (Å²) < 4.78 is 66.0. The van der Waals surface area contributed by atoms with E-state index in [1.807, 2.05) is 12.1 Å². The zero-order valence-corrected chi connectivity index (χ0v) is 25.9. The fourth-order valence-corrected chi connectivity index (χ4v) is 6.47. The third kappa shape index (κ3) is 5.89. The van der Waals surface area contributed by atoms with Crippen LogP contribution < -0.4 is 13.9 Å². The molecule has 1 heterocycles. The summed E-state index contributed by atoms with van der Waals surface area (Å²) >= 11 is 0. The van der Waals surface area contributed by atoms with Gasteiger partial charge in [0.05, 0.1) is 25.7 Å². The van der Waals surface area contributed by atoms with Crippen LogP contribution in [0.3, 0.4) is 0 Å². The fourth-order valence-electron chi connectivity index (χ4n) is 5.44. The van der Waals surface area contributed by atoms with E-state index in [1.54, 1.807) is 36.4 Å². The predicted octanol–water partition coefficient (Wildman–Crippen LogP) is 8.86. The third-order valence-electron chi connectivity index (χ3n) is 8.76. The number of halogens is 3. The van der Waals surface area contributed by atoms with E-state index in [9.17, 15) is 18.0 Å². The first kappa shape index (κ1) is 30.0. The van der Waals surface area contributed by atoms with Crippen LogP contribution in [0, 0.1) is 0 Å². The molecule has 42 heavy (non-hydrogen) atoms. The Morgan fingerprint density at radius 3 is 2.29 bits per heavy atom. The topological polar surface area (TPSA) is 54.0 Å². The second-order valence-corrected chi connectivity index (χ2v) is 17.3. The molecular formula is C33H37F3O5Si. The van der Waals surface area contributed by atoms with Crippen molar-refractivity contribution in [2.45, 2.75) is 76.4 Å². The van der Waals surface area contributed by atoms with E-state index < -0.39 is 26.2 Å². The number of carbonyl (C=O) groups excluding carboxylic acids is 1. The van der Waals surface area contributed by atoms with Gasteiger partial charge >= 0.3 is 12.1 Å². The number of ether oxygens (including phenoxy) is 3. The fraction of sp³-hybridized carbons (Fsp3) is 0.424. The Morgan fingerprint density at radius 1 is 0.976 bits per heavy atom. The number of rotatable bonds is 7. The first-order valence-electron chi connectivity index (χ1n) is 14.2. The van der Waals surface area contributed by atoms with E-state index in [4.69, 9.17) is 18.6 Å². The molecule has 0 aromatic heterocycles. The van der Waals surface area contributed by atoms with Crippen LogP contribution in [0.25, 0.3) is 11.1 Å². The molecule has 0 N–H and O–H groups in total. The lowest BCUT2D eigenvalue weighted by molar-refractivity contribution is -0.141. The molecule has 2 aliphatic rings. The monoisotopic (exact) mass is 598 g/mol. The lowest BCUT2D eigenvalue weighted by Crippen LogP contribution is -2.43. The van der Waals surface area contributed by atoms with E-state index in [2.05, 4.69) is 33.9 Å². The minimum atomic E-state index is -4.50. The molecule has 3 aromatic carbocycles. The summed E-state index contributed by atoms with van der Waals surface area (Å²) in [4.78, 5) is 11.7. The molecule has 0 radical (unpaired) electrons. The highest BCUT2D eigenvalue weighted by molar-refractivity contribution is 6.74. The highest BCUT2D eigenvalue weighted by Crippen LogP contribution is 2.47. The summed E-state index contributed by atoms with van der Waals surface area (Å²) in [6.45, 7) is 11.1. The highest BCUT2D eigenvalue weighted by atomic mass is 28.4. The minimum absolute atomic E-state index is 0.000112. The molecule has 9 heteroatoms. The molecule has 0 bridgehead atoms. The first-order valence-corrected chi connectivity index (χ1v) is 17.1. The van der Waals surface area contributed by atoms with Crippen molar-refractivity contribution in [2.24, 2.45) is 0 Å². The molecular weight excluding hydrogens is 561 g/mol. The Morgan fingerprint density at radius 2 is 1.64 bits per heavy atom. The van der Waals surface area contributed by atoms with Gasteiger partial charge in [0.15, 0.2) is 0 Å². The van der Waals surface area contributed by atoms with Crippen molar-refractivity contribution >= 4 is 14.3 Å². The molecule has 3 aromatic rings. The zero-order chi connectivity index (χ0) is 30.4. The molecule has 224 valence electrons. The van der Waals surface area contributed by atoms with Gasteiger partial charge in [0, 0.05) is 17.5 Å². The normalized spacial score (nSPS) is 18.2. The summed E-state index contributed by atoms with van der Waals surface area (Å²) in [5.74, 6) is 1.49. The van der Waals surface area contributed by atoms with Gasteiger partial charge in [0.2, 0.25) is 8.32 Å². The van der Waals surface area contributed by atoms with Crippen LogP contribution in [0.5, 0.6) is 17.2 Å². The van der Waals surface area contributed by atoms with Crippen molar-refractivity contribution in [1.82, 2.24) is 0 Å². The second kappa shape index (κ2) is 11.0. The number of methoxy groups -OCH3 is 1. The Balaban J connectivity index is 1.42. The Kier molecular flexibility index (Phi) is 7.85. The van der Waals surface area contributed by atoms with Crippen molar-refractivity contribution < 1.29 is 36.6 Å². The van der Waals surface area contributed by atoms with Gasteiger partial charge in [0.25, 0.3) is 0 Å². The molecule has 0 saturated heterocycles. The molecule has 5 nitrogen and oxygen atoms in total. The minimum Gasteiger partial charge on any atom is -0.544 e. The Labute approximate surface area is 246 Å². The number of alkyl halides is 3. The van der Waals surface area contributed by atoms with Crippen LogP contribution in [0.15, 0.2) is 54.6 Å².